The Kier molecular flexibility index (Phi) is 4.18. The maximum absolute atomic E-state index is 12.6. The standard InChI is InChI=1S/C14H14N4O3.ClH/c1-7-16-10-3-2-8(15)6-9(10)14(21)18(7)11-4-5-12(19)17-13(11)20;/h2-3,6,11H,4-5,15H2,1H3,(H,17,19,20);1H. The van der Waals surface area contributed by atoms with Crippen molar-refractivity contribution in [2.24, 2.45) is 0 Å². The van der Waals surface area contributed by atoms with Gasteiger partial charge in [0.15, 0.2) is 0 Å². The Morgan fingerprint density at radius 3 is 2.73 bits per heavy atom. The molecule has 0 radical (unpaired) electrons. The zero-order chi connectivity index (χ0) is 15.1. The van der Waals surface area contributed by atoms with Crippen LogP contribution in [0.3, 0.4) is 0 Å². The SMILES string of the molecule is Cc1nc2ccc(N)cc2c(=O)n1C1CCC(=O)NC1=O.Cl. The van der Waals surface area contributed by atoms with Crippen LogP contribution in [0, 0.1) is 6.92 Å². The highest BCUT2D eigenvalue weighted by molar-refractivity contribution is 5.99. The summed E-state index contributed by atoms with van der Waals surface area (Å²) in [5, 5.41) is 2.62. The summed E-state index contributed by atoms with van der Waals surface area (Å²) in [7, 11) is 0. The van der Waals surface area contributed by atoms with Gasteiger partial charge in [-0.2, -0.15) is 0 Å². The van der Waals surface area contributed by atoms with Crippen LogP contribution < -0.4 is 16.6 Å². The van der Waals surface area contributed by atoms with Crippen molar-refractivity contribution in [3.05, 3.63) is 34.4 Å². The Morgan fingerprint density at radius 2 is 2.05 bits per heavy atom. The van der Waals surface area contributed by atoms with Gasteiger partial charge in [-0.3, -0.25) is 24.3 Å². The molecule has 3 N–H and O–H groups in total. The molecule has 0 aliphatic carbocycles. The van der Waals surface area contributed by atoms with E-state index in [-0.39, 0.29) is 30.3 Å². The molecule has 2 aromatic rings. The summed E-state index contributed by atoms with van der Waals surface area (Å²) in [6.45, 7) is 1.67. The summed E-state index contributed by atoms with van der Waals surface area (Å²) in [4.78, 5) is 40.2. The minimum Gasteiger partial charge on any atom is -0.399 e. The fourth-order valence-electron chi connectivity index (χ4n) is 2.62. The molecule has 2 heterocycles. The third-order valence-corrected chi connectivity index (χ3v) is 3.62. The molecule has 116 valence electrons. The highest BCUT2D eigenvalue weighted by Crippen LogP contribution is 2.20. The molecule has 1 aromatic heterocycles. The van der Waals surface area contributed by atoms with E-state index in [4.69, 9.17) is 5.73 Å². The summed E-state index contributed by atoms with van der Waals surface area (Å²) >= 11 is 0. The molecular formula is C14H15ClN4O3. The maximum Gasteiger partial charge on any atom is 0.262 e. The van der Waals surface area contributed by atoms with Gasteiger partial charge in [0.2, 0.25) is 11.8 Å². The molecule has 0 saturated carbocycles. The van der Waals surface area contributed by atoms with Crippen LogP contribution in [0.25, 0.3) is 10.9 Å². The second-order valence-corrected chi connectivity index (χ2v) is 5.08. The van der Waals surface area contributed by atoms with Crippen molar-refractivity contribution in [3.63, 3.8) is 0 Å². The molecule has 1 atom stereocenters. The van der Waals surface area contributed by atoms with Gasteiger partial charge >= 0.3 is 0 Å². The molecule has 7 nitrogen and oxygen atoms in total. The van der Waals surface area contributed by atoms with E-state index in [0.29, 0.717) is 28.8 Å². The number of benzene rings is 1. The molecule has 1 saturated heterocycles. The van der Waals surface area contributed by atoms with Gasteiger partial charge in [-0.1, -0.05) is 0 Å². The zero-order valence-corrected chi connectivity index (χ0v) is 12.6. The number of carbonyl (C=O) groups excluding carboxylic acids is 2. The Labute approximate surface area is 131 Å². The van der Waals surface area contributed by atoms with E-state index < -0.39 is 11.9 Å². The zero-order valence-electron chi connectivity index (χ0n) is 11.8. The predicted octanol–water partition coefficient (Wildman–Crippen LogP) is 0.687. The summed E-state index contributed by atoms with van der Waals surface area (Å²) in [5.41, 5.74) is 6.38. The van der Waals surface area contributed by atoms with E-state index in [1.54, 1.807) is 25.1 Å². The topological polar surface area (TPSA) is 107 Å². The van der Waals surface area contributed by atoms with Crippen molar-refractivity contribution in [2.75, 3.05) is 5.73 Å². The quantitative estimate of drug-likeness (QED) is 0.593. The van der Waals surface area contributed by atoms with Crippen LogP contribution in [-0.2, 0) is 9.59 Å². The number of imide groups is 1. The third-order valence-electron chi connectivity index (χ3n) is 3.62. The lowest BCUT2D eigenvalue weighted by Crippen LogP contribution is -2.45. The number of nitrogens with one attached hydrogen (secondary N) is 1. The van der Waals surface area contributed by atoms with Crippen molar-refractivity contribution in [1.82, 2.24) is 14.9 Å². The Balaban J connectivity index is 0.00000176. The number of halogens is 1. The molecule has 22 heavy (non-hydrogen) atoms. The Hall–Kier alpha value is -2.41. The lowest BCUT2D eigenvalue weighted by atomic mass is 10.1. The van der Waals surface area contributed by atoms with Gasteiger partial charge in [-0.25, -0.2) is 4.98 Å². The number of nitrogens with two attached hydrogens (primary N) is 1. The number of hydrogen-bond donors (Lipinski definition) is 2. The summed E-state index contributed by atoms with van der Waals surface area (Å²) in [5.74, 6) is -0.354. The molecular weight excluding hydrogens is 308 g/mol. The molecule has 8 heteroatoms. The number of rotatable bonds is 1. The van der Waals surface area contributed by atoms with Crippen LogP contribution in [0.4, 0.5) is 5.69 Å². The number of aryl methyl sites for hydroxylation is 1. The van der Waals surface area contributed by atoms with Crippen molar-refractivity contribution in [2.45, 2.75) is 25.8 Å². The normalized spacial score (nSPS) is 18.0. The smallest absolute Gasteiger partial charge is 0.262 e. The van der Waals surface area contributed by atoms with Gasteiger partial charge in [0, 0.05) is 12.1 Å². The number of carbonyl (C=O) groups is 2. The van der Waals surface area contributed by atoms with Crippen molar-refractivity contribution in [1.29, 1.82) is 0 Å². The van der Waals surface area contributed by atoms with Crippen molar-refractivity contribution in [3.8, 4) is 0 Å². The first-order chi connectivity index (χ1) is 9.97. The molecule has 1 fully saturated rings. The first kappa shape index (κ1) is 16.0. The van der Waals surface area contributed by atoms with Gasteiger partial charge < -0.3 is 5.73 Å². The van der Waals surface area contributed by atoms with Crippen LogP contribution in [-0.4, -0.2) is 21.4 Å². The minimum atomic E-state index is -0.714. The first-order valence-corrected chi connectivity index (χ1v) is 6.59. The fourth-order valence-corrected chi connectivity index (χ4v) is 2.62. The molecule has 1 aliphatic rings. The average Bonchev–Trinajstić information content (AvgIpc) is 2.42. The molecule has 1 unspecified atom stereocenters. The predicted molar refractivity (Wildman–Crippen MR) is 83.8 cm³/mol. The van der Waals surface area contributed by atoms with E-state index in [1.807, 2.05) is 0 Å². The number of amides is 2. The Morgan fingerprint density at radius 1 is 1.32 bits per heavy atom. The average molecular weight is 323 g/mol. The molecule has 3 rings (SSSR count). The van der Waals surface area contributed by atoms with E-state index in [0.717, 1.165) is 0 Å². The van der Waals surface area contributed by atoms with Gasteiger partial charge in [0.1, 0.15) is 11.9 Å². The van der Waals surface area contributed by atoms with Crippen LogP contribution >= 0.6 is 12.4 Å². The Bertz CT molecular complexity index is 831. The number of nitrogen functional groups attached to an aromatic ring is 1. The highest BCUT2D eigenvalue weighted by atomic mass is 35.5. The summed E-state index contributed by atoms with van der Waals surface area (Å²) < 4.78 is 1.34. The van der Waals surface area contributed by atoms with Crippen LogP contribution in [0.1, 0.15) is 24.7 Å². The second kappa shape index (κ2) is 5.76. The molecule has 1 aliphatic heterocycles. The number of hydrogen-bond acceptors (Lipinski definition) is 5. The number of fused-ring (bicyclic) bond motifs is 1. The van der Waals surface area contributed by atoms with Crippen molar-refractivity contribution >= 4 is 40.8 Å². The third kappa shape index (κ3) is 2.55. The number of nitrogens with zero attached hydrogens (tertiary/aromatic N) is 2. The number of piperidine rings is 1. The van der Waals surface area contributed by atoms with Gasteiger partial charge in [0.25, 0.3) is 5.56 Å². The van der Waals surface area contributed by atoms with Crippen molar-refractivity contribution < 1.29 is 9.59 Å². The largest absolute Gasteiger partial charge is 0.399 e. The molecule has 2 amide bonds. The lowest BCUT2D eigenvalue weighted by Gasteiger charge is -2.24. The minimum absolute atomic E-state index is 0. The number of aromatic nitrogens is 2. The van der Waals surface area contributed by atoms with E-state index >= 15 is 0 Å². The van der Waals surface area contributed by atoms with Crippen LogP contribution in [0.2, 0.25) is 0 Å². The summed E-state index contributed by atoms with van der Waals surface area (Å²) in [6, 6.07) is 4.18. The lowest BCUT2D eigenvalue weighted by molar-refractivity contribution is -0.135. The molecule has 0 spiro atoms. The van der Waals surface area contributed by atoms with Gasteiger partial charge in [0.05, 0.1) is 10.9 Å². The number of anilines is 1. The van der Waals surface area contributed by atoms with E-state index in [9.17, 15) is 14.4 Å². The van der Waals surface area contributed by atoms with Gasteiger partial charge in [-0.05, 0) is 31.5 Å². The molecule has 0 bridgehead atoms. The fraction of sp³-hybridized carbons (Fsp3) is 0.286. The molecule has 1 aromatic carbocycles. The summed E-state index contributed by atoms with van der Waals surface area (Å²) in [6.07, 6.45) is 0.498. The van der Waals surface area contributed by atoms with Crippen LogP contribution in [0.15, 0.2) is 23.0 Å². The van der Waals surface area contributed by atoms with Gasteiger partial charge in [-0.15, -0.1) is 12.4 Å². The van der Waals surface area contributed by atoms with Crippen LogP contribution in [0.5, 0.6) is 0 Å². The van der Waals surface area contributed by atoms with E-state index in [1.165, 1.54) is 4.57 Å². The monoisotopic (exact) mass is 322 g/mol. The van der Waals surface area contributed by atoms with E-state index in [2.05, 4.69) is 10.3 Å². The maximum atomic E-state index is 12.6. The highest BCUT2D eigenvalue weighted by Gasteiger charge is 2.30. The first-order valence-electron chi connectivity index (χ1n) is 6.59. The second-order valence-electron chi connectivity index (χ2n) is 5.08.